The summed E-state index contributed by atoms with van der Waals surface area (Å²) in [6.07, 6.45) is 1.21. The highest BCUT2D eigenvalue weighted by molar-refractivity contribution is 9.10. The smallest absolute Gasteiger partial charge is 0.262 e. The fourth-order valence-corrected chi connectivity index (χ4v) is 5.39. The molecule has 0 aliphatic rings. The van der Waals surface area contributed by atoms with Gasteiger partial charge in [-0.2, -0.15) is 0 Å². The maximum atomic E-state index is 13.2. The van der Waals surface area contributed by atoms with Crippen molar-refractivity contribution < 1.29 is 8.42 Å². The number of hydrogen-bond acceptors (Lipinski definition) is 5. The number of hydrogen-bond donors (Lipinski definition) is 0. The van der Waals surface area contributed by atoms with Crippen LogP contribution in [0.2, 0.25) is 0 Å². The maximum absolute atomic E-state index is 13.2. The predicted octanol–water partition coefficient (Wildman–Crippen LogP) is 3.91. The van der Waals surface area contributed by atoms with Crippen LogP contribution in [0.5, 0.6) is 0 Å². The molecule has 1 aromatic heterocycles. The van der Waals surface area contributed by atoms with Gasteiger partial charge >= 0.3 is 0 Å². The largest absolute Gasteiger partial charge is 0.280 e. The minimum absolute atomic E-state index is 0.0334. The van der Waals surface area contributed by atoms with E-state index in [0.29, 0.717) is 21.8 Å². The Morgan fingerprint density at radius 2 is 1.89 bits per heavy atom. The molecule has 142 valence electrons. The van der Waals surface area contributed by atoms with Crippen LogP contribution >= 0.6 is 27.7 Å². The maximum Gasteiger partial charge on any atom is 0.262 e. The zero-order valence-electron chi connectivity index (χ0n) is 14.9. The molecule has 1 heterocycles. The Morgan fingerprint density at radius 1 is 1.19 bits per heavy atom. The third kappa shape index (κ3) is 4.80. The summed E-state index contributed by atoms with van der Waals surface area (Å²) in [7, 11) is -3.08. The van der Waals surface area contributed by atoms with Crippen LogP contribution in [0.4, 0.5) is 0 Å². The summed E-state index contributed by atoms with van der Waals surface area (Å²) in [6.45, 7) is 1.95. The summed E-state index contributed by atoms with van der Waals surface area (Å²) in [5.41, 5.74) is 1.45. The van der Waals surface area contributed by atoms with Gasteiger partial charge in [0.2, 0.25) is 0 Å². The summed E-state index contributed by atoms with van der Waals surface area (Å²) in [4.78, 5) is 17.9. The van der Waals surface area contributed by atoms with Crippen LogP contribution in [0.1, 0.15) is 18.5 Å². The van der Waals surface area contributed by atoms with Gasteiger partial charge in [0.05, 0.1) is 22.7 Å². The Labute approximate surface area is 170 Å². The first-order chi connectivity index (χ1) is 12.8. The first kappa shape index (κ1) is 20.1. The third-order valence-electron chi connectivity index (χ3n) is 4.18. The van der Waals surface area contributed by atoms with E-state index in [-0.39, 0.29) is 17.4 Å². The predicted molar refractivity (Wildman–Crippen MR) is 114 cm³/mol. The highest BCUT2D eigenvalue weighted by atomic mass is 79.9. The van der Waals surface area contributed by atoms with Gasteiger partial charge in [-0.15, -0.1) is 0 Å². The van der Waals surface area contributed by atoms with Crippen molar-refractivity contribution in [2.45, 2.75) is 18.1 Å². The van der Waals surface area contributed by atoms with Crippen molar-refractivity contribution in [3.63, 3.8) is 0 Å². The fourth-order valence-electron chi connectivity index (χ4n) is 2.76. The second kappa shape index (κ2) is 8.16. The summed E-state index contributed by atoms with van der Waals surface area (Å²) in [6, 6.07) is 14.9. The Hall–Kier alpha value is -1.64. The summed E-state index contributed by atoms with van der Waals surface area (Å²) in [5, 5.41) is 1.05. The van der Waals surface area contributed by atoms with Crippen molar-refractivity contribution in [2.75, 3.05) is 17.8 Å². The Morgan fingerprint density at radius 3 is 2.56 bits per heavy atom. The zero-order valence-corrected chi connectivity index (χ0v) is 18.1. The summed E-state index contributed by atoms with van der Waals surface area (Å²) in [5.74, 6) is 0.375. The van der Waals surface area contributed by atoms with Gasteiger partial charge in [0, 0.05) is 16.5 Å². The number of sulfone groups is 1. The molecule has 0 saturated carbocycles. The van der Waals surface area contributed by atoms with Gasteiger partial charge in [-0.1, -0.05) is 58.0 Å². The molecule has 5 nitrogen and oxygen atoms in total. The van der Waals surface area contributed by atoms with Gasteiger partial charge in [0.1, 0.15) is 9.84 Å². The van der Waals surface area contributed by atoms with E-state index in [4.69, 9.17) is 0 Å². The van der Waals surface area contributed by atoms with Gasteiger partial charge in [0.25, 0.3) is 5.56 Å². The fraction of sp³-hybridized carbons (Fsp3) is 0.263. The average Bonchev–Trinajstić information content (AvgIpc) is 2.62. The molecule has 0 bridgehead atoms. The van der Waals surface area contributed by atoms with E-state index < -0.39 is 9.84 Å². The van der Waals surface area contributed by atoms with E-state index in [9.17, 15) is 13.2 Å². The van der Waals surface area contributed by atoms with E-state index in [1.807, 2.05) is 43.3 Å². The molecule has 1 atom stereocenters. The van der Waals surface area contributed by atoms with Crippen molar-refractivity contribution in [1.29, 1.82) is 0 Å². The second-order valence-corrected chi connectivity index (χ2v) is 10.5. The first-order valence-electron chi connectivity index (χ1n) is 8.33. The molecule has 0 N–H and O–H groups in total. The molecule has 3 aromatic rings. The van der Waals surface area contributed by atoms with E-state index in [0.717, 1.165) is 10.0 Å². The van der Waals surface area contributed by atoms with Gasteiger partial charge in [-0.3, -0.25) is 9.36 Å². The molecular formula is C19H19BrN2O3S2. The lowest BCUT2D eigenvalue weighted by Gasteiger charge is -2.20. The van der Waals surface area contributed by atoms with Crippen LogP contribution in [0, 0.1) is 0 Å². The molecule has 0 fully saturated rings. The quantitative estimate of drug-likeness (QED) is 0.406. The van der Waals surface area contributed by atoms with Crippen molar-refractivity contribution >= 4 is 48.4 Å². The number of nitrogens with zero attached hydrogens (tertiary/aromatic N) is 2. The van der Waals surface area contributed by atoms with Gasteiger partial charge in [-0.05, 0) is 30.7 Å². The number of rotatable bonds is 6. The first-order valence-corrected chi connectivity index (χ1v) is 12.2. The number of halogens is 1. The molecule has 27 heavy (non-hydrogen) atoms. The minimum Gasteiger partial charge on any atom is -0.280 e. The molecular weight excluding hydrogens is 448 g/mol. The average molecular weight is 467 g/mol. The lowest BCUT2D eigenvalue weighted by molar-refractivity contribution is 0.549. The zero-order chi connectivity index (χ0) is 19.6. The molecule has 0 spiro atoms. The molecule has 8 heteroatoms. The van der Waals surface area contributed by atoms with Crippen molar-refractivity contribution in [1.82, 2.24) is 9.55 Å². The normalized spacial score (nSPS) is 13.0. The third-order valence-corrected chi connectivity index (χ3v) is 6.84. The van der Waals surface area contributed by atoms with Crippen LogP contribution in [-0.4, -0.2) is 35.7 Å². The SMILES string of the molecule is CC(c1ccccc1)n1c(SCCS(C)(=O)=O)nc2ccc(Br)cc2c1=O. The second-order valence-electron chi connectivity index (χ2n) is 6.30. The van der Waals surface area contributed by atoms with Crippen LogP contribution in [-0.2, 0) is 9.84 Å². The van der Waals surface area contributed by atoms with Crippen LogP contribution in [0.25, 0.3) is 10.9 Å². The molecule has 0 saturated heterocycles. The Balaban J connectivity index is 2.13. The van der Waals surface area contributed by atoms with Crippen molar-refractivity contribution in [2.24, 2.45) is 0 Å². The van der Waals surface area contributed by atoms with Crippen LogP contribution in [0.3, 0.4) is 0 Å². The number of thioether (sulfide) groups is 1. The molecule has 0 aliphatic heterocycles. The Bertz CT molecular complexity index is 1130. The van der Waals surface area contributed by atoms with Crippen LogP contribution in [0.15, 0.2) is 63.0 Å². The highest BCUT2D eigenvalue weighted by Gasteiger charge is 2.18. The topological polar surface area (TPSA) is 69.0 Å². The lowest BCUT2D eigenvalue weighted by atomic mass is 10.1. The van der Waals surface area contributed by atoms with Crippen molar-refractivity contribution in [3.8, 4) is 0 Å². The Kier molecular flexibility index (Phi) is 6.08. The molecule has 2 aromatic carbocycles. The minimum atomic E-state index is -3.08. The van der Waals surface area contributed by atoms with E-state index in [1.165, 1.54) is 18.0 Å². The molecule has 0 radical (unpaired) electrons. The van der Waals surface area contributed by atoms with E-state index in [2.05, 4.69) is 20.9 Å². The van der Waals surface area contributed by atoms with E-state index in [1.54, 1.807) is 16.7 Å². The molecule has 0 aliphatic carbocycles. The van der Waals surface area contributed by atoms with Crippen LogP contribution < -0.4 is 5.56 Å². The van der Waals surface area contributed by atoms with Gasteiger partial charge < -0.3 is 0 Å². The van der Waals surface area contributed by atoms with Gasteiger partial charge in [0.15, 0.2) is 5.16 Å². The summed E-state index contributed by atoms with van der Waals surface area (Å²) >= 11 is 4.70. The highest BCUT2D eigenvalue weighted by Crippen LogP contribution is 2.26. The lowest BCUT2D eigenvalue weighted by Crippen LogP contribution is -2.27. The van der Waals surface area contributed by atoms with E-state index >= 15 is 0 Å². The molecule has 1 unspecified atom stereocenters. The molecule has 3 rings (SSSR count). The monoisotopic (exact) mass is 466 g/mol. The standard InChI is InChI=1S/C19H19BrN2O3S2/c1-13(14-6-4-3-5-7-14)22-18(23)16-12-15(20)8-9-17(16)21-19(22)26-10-11-27(2,24)25/h3-9,12-13H,10-11H2,1-2H3. The number of aromatic nitrogens is 2. The number of benzene rings is 2. The molecule has 0 amide bonds. The van der Waals surface area contributed by atoms with Gasteiger partial charge in [-0.25, -0.2) is 13.4 Å². The van der Waals surface area contributed by atoms with Crippen molar-refractivity contribution in [3.05, 3.63) is 68.9 Å². The number of fused-ring (bicyclic) bond motifs is 1. The summed E-state index contributed by atoms with van der Waals surface area (Å²) < 4.78 is 25.4.